The zero-order valence-electron chi connectivity index (χ0n) is 22.2. The maximum Gasteiger partial charge on any atom is 0.244 e. The first-order valence-electron chi connectivity index (χ1n) is 13.5. The van der Waals surface area contributed by atoms with E-state index in [2.05, 4.69) is 21.3 Å². The Balaban J connectivity index is 1.19. The normalized spacial score (nSPS) is 24.5. The Labute approximate surface area is 230 Å². The zero-order valence-corrected chi connectivity index (χ0v) is 22.2. The molecule has 4 N–H and O–H groups in total. The summed E-state index contributed by atoms with van der Waals surface area (Å²) in [5.41, 5.74) is 2.43. The lowest BCUT2D eigenvalue weighted by molar-refractivity contribution is -0.143. The molecule has 3 heterocycles. The molecule has 1 fully saturated rings. The van der Waals surface area contributed by atoms with Crippen LogP contribution in [0.15, 0.2) is 59.9 Å². The molecular formula is C30H31F2N5O3. The molecule has 3 aliphatic heterocycles. The van der Waals surface area contributed by atoms with Crippen molar-refractivity contribution in [3.63, 3.8) is 0 Å². The summed E-state index contributed by atoms with van der Waals surface area (Å²) in [6.07, 6.45) is 5.71. The minimum atomic E-state index is -0.741. The number of dihydropyridines is 1. The number of hydrogen-bond acceptors (Lipinski definition) is 5. The fraction of sp³-hybridized carbons (Fsp3) is 0.367. The first-order chi connectivity index (χ1) is 19.1. The third kappa shape index (κ3) is 4.66. The highest BCUT2D eigenvalue weighted by atomic mass is 19.1. The van der Waals surface area contributed by atoms with Gasteiger partial charge in [-0.25, -0.2) is 8.78 Å². The summed E-state index contributed by atoms with van der Waals surface area (Å²) in [5, 5.41) is 12.3. The fourth-order valence-electron chi connectivity index (χ4n) is 6.36. The van der Waals surface area contributed by atoms with E-state index in [-0.39, 0.29) is 30.5 Å². The molecule has 4 aliphatic rings. The lowest BCUT2D eigenvalue weighted by atomic mass is 9.78. The SMILES string of the molecule is CC1(C(=O)N(CC(=O)Nc2ccc3c(c2)CC2(C3)C(=O)NC3=C2C=CCN3)Cc2cc(F)cc(F)c2)CCNC1. The minimum Gasteiger partial charge on any atom is -0.368 e. The van der Waals surface area contributed by atoms with E-state index >= 15 is 0 Å². The monoisotopic (exact) mass is 547 g/mol. The summed E-state index contributed by atoms with van der Waals surface area (Å²) in [6, 6.07) is 8.71. The quantitative estimate of drug-likeness (QED) is 0.445. The summed E-state index contributed by atoms with van der Waals surface area (Å²) >= 11 is 0. The number of hydrogen-bond donors (Lipinski definition) is 4. The second-order valence-electron chi connectivity index (χ2n) is 11.4. The van der Waals surface area contributed by atoms with E-state index in [9.17, 15) is 23.2 Å². The van der Waals surface area contributed by atoms with Crippen LogP contribution in [0.1, 0.15) is 30.0 Å². The van der Waals surface area contributed by atoms with Crippen LogP contribution in [0.2, 0.25) is 0 Å². The number of halogens is 2. The Hall–Kier alpha value is -4.05. The van der Waals surface area contributed by atoms with Gasteiger partial charge >= 0.3 is 0 Å². The molecule has 3 amide bonds. The first-order valence-corrected chi connectivity index (χ1v) is 13.5. The summed E-state index contributed by atoms with van der Waals surface area (Å²) in [6.45, 7) is 3.27. The van der Waals surface area contributed by atoms with Crippen LogP contribution >= 0.6 is 0 Å². The summed E-state index contributed by atoms with van der Waals surface area (Å²) in [5.74, 6) is -1.42. The summed E-state index contributed by atoms with van der Waals surface area (Å²) < 4.78 is 27.7. The highest BCUT2D eigenvalue weighted by molar-refractivity contribution is 5.96. The van der Waals surface area contributed by atoms with E-state index in [1.54, 1.807) is 6.07 Å². The van der Waals surface area contributed by atoms with Gasteiger partial charge in [0, 0.05) is 37.0 Å². The average Bonchev–Trinajstić information content (AvgIpc) is 3.59. The Morgan fingerprint density at radius 3 is 2.60 bits per heavy atom. The lowest BCUT2D eigenvalue weighted by Gasteiger charge is -2.31. The van der Waals surface area contributed by atoms with Crippen LogP contribution in [-0.4, -0.2) is 48.8 Å². The number of carbonyl (C=O) groups is 3. The number of anilines is 1. The molecule has 2 unspecified atom stereocenters. The van der Waals surface area contributed by atoms with Gasteiger partial charge in [-0.15, -0.1) is 0 Å². The Bertz CT molecular complexity index is 1460. The average molecular weight is 548 g/mol. The fourth-order valence-corrected chi connectivity index (χ4v) is 6.36. The van der Waals surface area contributed by atoms with E-state index in [0.29, 0.717) is 44.6 Å². The van der Waals surface area contributed by atoms with Crippen molar-refractivity contribution in [2.24, 2.45) is 10.8 Å². The molecule has 10 heteroatoms. The number of fused-ring (bicyclic) bond motifs is 2. The minimum absolute atomic E-state index is 0.0313. The maximum atomic E-state index is 13.9. The Morgan fingerprint density at radius 1 is 1.07 bits per heavy atom. The molecule has 2 aromatic rings. The van der Waals surface area contributed by atoms with Gasteiger partial charge in [0.15, 0.2) is 0 Å². The molecule has 0 aromatic heterocycles. The number of benzene rings is 2. The Morgan fingerprint density at radius 2 is 1.85 bits per heavy atom. The van der Waals surface area contributed by atoms with Crippen molar-refractivity contribution in [2.75, 3.05) is 31.5 Å². The molecule has 6 rings (SSSR count). The van der Waals surface area contributed by atoms with E-state index < -0.39 is 28.4 Å². The smallest absolute Gasteiger partial charge is 0.244 e. The van der Waals surface area contributed by atoms with Crippen LogP contribution in [0.4, 0.5) is 14.5 Å². The number of amides is 3. The predicted molar refractivity (Wildman–Crippen MR) is 145 cm³/mol. The van der Waals surface area contributed by atoms with Crippen LogP contribution in [0.3, 0.4) is 0 Å². The summed E-state index contributed by atoms with van der Waals surface area (Å²) in [7, 11) is 0. The molecule has 0 saturated carbocycles. The van der Waals surface area contributed by atoms with Crippen molar-refractivity contribution in [3.05, 3.63) is 88.3 Å². The van der Waals surface area contributed by atoms with Crippen molar-refractivity contribution in [1.82, 2.24) is 20.9 Å². The van der Waals surface area contributed by atoms with E-state index in [1.807, 2.05) is 31.2 Å². The standard InChI is InChI=1S/C30H31F2N5O3/c1-29(6-8-33-17-29)28(40)37(15-18-9-21(31)12-22(32)10-18)16-25(38)35-23-5-4-19-13-30(14-20(19)11-23)24-3-2-7-34-26(24)36-27(30)39/h2-5,9-12,33-34H,6-8,13-17H2,1H3,(H,35,38)(H,36,39). The van der Waals surface area contributed by atoms with Crippen LogP contribution in [0.5, 0.6) is 0 Å². The van der Waals surface area contributed by atoms with Crippen molar-refractivity contribution in [3.8, 4) is 0 Å². The van der Waals surface area contributed by atoms with Gasteiger partial charge in [-0.3, -0.25) is 14.4 Å². The first kappa shape index (κ1) is 26.2. The van der Waals surface area contributed by atoms with Gasteiger partial charge in [0.2, 0.25) is 17.7 Å². The van der Waals surface area contributed by atoms with Crippen LogP contribution in [0, 0.1) is 22.5 Å². The van der Waals surface area contributed by atoms with Gasteiger partial charge in [-0.1, -0.05) is 18.2 Å². The van der Waals surface area contributed by atoms with Gasteiger partial charge in [0.1, 0.15) is 24.0 Å². The van der Waals surface area contributed by atoms with Crippen LogP contribution in [0.25, 0.3) is 0 Å². The second kappa shape index (κ2) is 9.85. The Kier molecular flexibility index (Phi) is 6.45. The zero-order chi connectivity index (χ0) is 28.1. The predicted octanol–water partition coefficient (Wildman–Crippen LogP) is 2.52. The van der Waals surface area contributed by atoms with Gasteiger partial charge < -0.3 is 26.2 Å². The van der Waals surface area contributed by atoms with Gasteiger partial charge in [-0.2, -0.15) is 0 Å². The van der Waals surface area contributed by atoms with Gasteiger partial charge in [0.25, 0.3) is 0 Å². The van der Waals surface area contributed by atoms with E-state index in [1.165, 1.54) is 17.0 Å². The van der Waals surface area contributed by atoms with Crippen molar-refractivity contribution < 1.29 is 23.2 Å². The lowest BCUT2D eigenvalue weighted by Crippen LogP contribution is -2.46. The third-order valence-corrected chi connectivity index (χ3v) is 8.42. The van der Waals surface area contributed by atoms with Crippen molar-refractivity contribution >= 4 is 23.4 Å². The largest absolute Gasteiger partial charge is 0.368 e. The number of rotatable bonds is 6. The van der Waals surface area contributed by atoms with Crippen LogP contribution in [-0.2, 0) is 33.8 Å². The number of nitrogens with zero attached hydrogens (tertiary/aromatic N) is 1. The summed E-state index contributed by atoms with van der Waals surface area (Å²) in [4.78, 5) is 41.1. The molecule has 0 radical (unpaired) electrons. The van der Waals surface area contributed by atoms with Gasteiger partial charge in [0.05, 0.1) is 10.8 Å². The van der Waals surface area contributed by atoms with E-state index in [4.69, 9.17) is 0 Å². The molecular weight excluding hydrogens is 516 g/mol. The number of allylic oxidation sites excluding steroid dienone is 1. The molecule has 2 atom stereocenters. The van der Waals surface area contributed by atoms with Crippen molar-refractivity contribution in [1.29, 1.82) is 0 Å². The molecule has 1 spiro atoms. The van der Waals surface area contributed by atoms with E-state index in [0.717, 1.165) is 28.6 Å². The highest BCUT2D eigenvalue weighted by Gasteiger charge is 2.51. The molecule has 1 saturated heterocycles. The topological polar surface area (TPSA) is 103 Å². The highest BCUT2D eigenvalue weighted by Crippen LogP contribution is 2.47. The molecule has 40 heavy (non-hydrogen) atoms. The molecule has 8 nitrogen and oxygen atoms in total. The van der Waals surface area contributed by atoms with Gasteiger partial charge in [-0.05, 0) is 73.7 Å². The molecule has 0 bridgehead atoms. The second-order valence-corrected chi connectivity index (χ2v) is 11.4. The molecule has 208 valence electrons. The maximum absolute atomic E-state index is 13.9. The number of nitrogens with one attached hydrogen (secondary N) is 4. The van der Waals surface area contributed by atoms with Crippen LogP contribution < -0.4 is 21.3 Å². The third-order valence-electron chi connectivity index (χ3n) is 8.42. The number of carbonyl (C=O) groups excluding carboxylic acids is 3. The van der Waals surface area contributed by atoms with Crippen molar-refractivity contribution in [2.45, 2.75) is 32.7 Å². The molecule has 2 aromatic carbocycles. The molecule has 1 aliphatic carbocycles.